The van der Waals surface area contributed by atoms with Gasteiger partial charge in [-0.1, -0.05) is 54.6 Å². The van der Waals surface area contributed by atoms with Crippen LogP contribution in [-0.4, -0.2) is 25.1 Å². The van der Waals surface area contributed by atoms with E-state index in [2.05, 4.69) is 41.9 Å². The molecule has 0 spiro atoms. The normalized spacial score (nSPS) is 14.3. The van der Waals surface area contributed by atoms with Crippen molar-refractivity contribution in [3.05, 3.63) is 71.3 Å². The maximum Gasteiger partial charge on any atom is 0.335 e. The molecule has 0 unspecified atom stereocenters. The van der Waals surface area contributed by atoms with Gasteiger partial charge in [-0.05, 0) is 55.2 Å². The molecule has 0 saturated carbocycles. The minimum absolute atomic E-state index is 0.190. The molecule has 1 N–H and O–H groups in total. The van der Waals surface area contributed by atoms with E-state index in [1.807, 2.05) is 18.2 Å². The molecule has 0 atom stereocenters. The molecule has 29 heavy (non-hydrogen) atoms. The van der Waals surface area contributed by atoms with Crippen LogP contribution in [0.5, 0.6) is 0 Å². The Bertz CT molecular complexity index is 767. The maximum absolute atomic E-state index is 12.0. The fourth-order valence-corrected chi connectivity index (χ4v) is 3.47. The minimum atomic E-state index is -0.382. The highest BCUT2D eigenvalue weighted by Crippen LogP contribution is 2.16. The Labute approximate surface area is 172 Å². The lowest BCUT2D eigenvalue weighted by atomic mass is 10.0. The fourth-order valence-electron chi connectivity index (χ4n) is 3.47. The highest BCUT2D eigenvalue weighted by molar-refractivity contribution is 5.80. The third-order valence-corrected chi connectivity index (χ3v) is 5.23. The predicted octanol–water partition coefficient (Wildman–Crippen LogP) is 3.80. The van der Waals surface area contributed by atoms with Crippen molar-refractivity contribution < 1.29 is 19.2 Å². The van der Waals surface area contributed by atoms with Gasteiger partial charge in [0.25, 0.3) is 5.91 Å². The topological polar surface area (TPSA) is 64.6 Å². The predicted molar refractivity (Wildman–Crippen MR) is 111 cm³/mol. The second kappa shape index (κ2) is 11.4. The van der Waals surface area contributed by atoms with Crippen LogP contribution in [0.25, 0.3) is 0 Å². The lowest BCUT2D eigenvalue weighted by Gasteiger charge is -2.19. The van der Waals surface area contributed by atoms with E-state index in [1.54, 1.807) is 0 Å². The van der Waals surface area contributed by atoms with Gasteiger partial charge in [-0.3, -0.25) is 4.79 Å². The summed E-state index contributed by atoms with van der Waals surface area (Å²) in [4.78, 5) is 28.9. The molecule has 3 rings (SSSR count). The minimum Gasteiger partial charge on any atom is -0.381 e. The molecule has 154 valence electrons. The quantitative estimate of drug-likeness (QED) is 0.546. The van der Waals surface area contributed by atoms with Crippen LogP contribution >= 0.6 is 0 Å². The van der Waals surface area contributed by atoms with Crippen LogP contribution in [0.2, 0.25) is 0 Å². The van der Waals surface area contributed by atoms with E-state index in [0.29, 0.717) is 26.1 Å². The average molecular weight is 395 g/mol. The van der Waals surface area contributed by atoms with Gasteiger partial charge in [0.05, 0.1) is 12.3 Å². The van der Waals surface area contributed by atoms with Gasteiger partial charge in [-0.15, -0.1) is 0 Å². The zero-order valence-corrected chi connectivity index (χ0v) is 16.8. The van der Waals surface area contributed by atoms with Gasteiger partial charge in [0.1, 0.15) is 0 Å². The van der Waals surface area contributed by atoms with Crippen molar-refractivity contribution in [2.45, 2.75) is 44.9 Å². The lowest BCUT2D eigenvalue weighted by Crippen LogP contribution is -2.33. The van der Waals surface area contributed by atoms with E-state index in [0.717, 1.165) is 31.2 Å². The van der Waals surface area contributed by atoms with Crippen LogP contribution in [0.1, 0.15) is 42.4 Å². The first-order valence-electron chi connectivity index (χ1n) is 10.4. The zero-order chi connectivity index (χ0) is 20.3. The van der Waals surface area contributed by atoms with E-state index in [4.69, 9.17) is 9.57 Å². The van der Waals surface area contributed by atoms with Crippen molar-refractivity contribution in [1.82, 2.24) is 5.48 Å². The molecular weight excluding hydrogens is 366 g/mol. The number of ether oxygens (including phenoxy) is 1. The summed E-state index contributed by atoms with van der Waals surface area (Å²) >= 11 is 0. The lowest BCUT2D eigenvalue weighted by molar-refractivity contribution is -0.164. The molecule has 1 aliphatic heterocycles. The Morgan fingerprint density at radius 2 is 1.45 bits per heavy atom. The van der Waals surface area contributed by atoms with Crippen LogP contribution < -0.4 is 5.48 Å². The molecule has 0 aliphatic carbocycles. The third kappa shape index (κ3) is 7.35. The number of benzene rings is 2. The molecule has 1 aliphatic rings. The summed E-state index contributed by atoms with van der Waals surface area (Å²) in [5.41, 5.74) is 5.82. The van der Waals surface area contributed by atoms with Crippen LogP contribution in [0, 0.1) is 5.92 Å². The van der Waals surface area contributed by atoms with Crippen LogP contribution in [0.3, 0.4) is 0 Å². The largest absolute Gasteiger partial charge is 0.381 e. The van der Waals surface area contributed by atoms with Crippen molar-refractivity contribution >= 4 is 11.9 Å². The second-order valence-corrected chi connectivity index (χ2v) is 7.52. The van der Waals surface area contributed by atoms with Gasteiger partial charge in [-0.2, -0.15) is 5.48 Å². The number of aryl methyl sites for hydroxylation is 2. The van der Waals surface area contributed by atoms with E-state index in [-0.39, 0.29) is 24.2 Å². The highest BCUT2D eigenvalue weighted by atomic mass is 16.7. The number of nitrogens with one attached hydrogen (secondary N) is 1. The molecule has 0 bridgehead atoms. The van der Waals surface area contributed by atoms with Gasteiger partial charge in [0, 0.05) is 13.2 Å². The molecule has 2 aromatic rings. The van der Waals surface area contributed by atoms with E-state index < -0.39 is 0 Å². The molecule has 1 amide bonds. The maximum atomic E-state index is 12.0. The molecular formula is C24H29NO4. The molecule has 1 fully saturated rings. The number of hydroxylamine groups is 1. The first kappa shape index (κ1) is 21.1. The van der Waals surface area contributed by atoms with Gasteiger partial charge in [0.2, 0.25) is 0 Å². The van der Waals surface area contributed by atoms with Crippen molar-refractivity contribution in [2.24, 2.45) is 5.92 Å². The van der Waals surface area contributed by atoms with Crippen molar-refractivity contribution in [1.29, 1.82) is 0 Å². The third-order valence-electron chi connectivity index (χ3n) is 5.23. The number of hydrogen-bond acceptors (Lipinski definition) is 4. The Morgan fingerprint density at radius 3 is 2.10 bits per heavy atom. The van der Waals surface area contributed by atoms with Crippen molar-refractivity contribution in [2.75, 3.05) is 13.2 Å². The number of rotatable bonds is 8. The SMILES string of the molecule is O=C(Cc1ccc(CCCCc2ccccc2)cc1)NOC(=O)C1CCOCC1. The Morgan fingerprint density at radius 1 is 0.862 bits per heavy atom. The van der Waals surface area contributed by atoms with E-state index in [1.165, 1.54) is 11.1 Å². The molecule has 5 heteroatoms. The molecule has 1 saturated heterocycles. The molecule has 0 radical (unpaired) electrons. The van der Waals surface area contributed by atoms with E-state index >= 15 is 0 Å². The number of hydrogen-bond donors (Lipinski definition) is 1. The first-order valence-corrected chi connectivity index (χ1v) is 10.4. The monoisotopic (exact) mass is 395 g/mol. The summed E-state index contributed by atoms with van der Waals surface area (Å²) in [6, 6.07) is 18.6. The molecule has 0 aromatic heterocycles. The number of unbranched alkanes of at least 4 members (excludes halogenated alkanes) is 1. The van der Waals surface area contributed by atoms with Gasteiger partial charge < -0.3 is 9.57 Å². The summed E-state index contributed by atoms with van der Waals surface area (Å²) in [6.45, 7) is 1.12. The first-order chi connectivity index (χ1) is 14.2. The Hall–Kier alpha value is -2.66. The summed E-state index contributed by atoms with van der Waals surface area (Å²) < 4.78 is 5.22. The second-order valence-electron chi connectivity index (χ2n) is 7.52. The Balaban J connectivity index is 1.33. The number of carbonyl (C=O) groups excluding carboxylic acids is 2. The summed E-state index contributed by atoms with van der Waals surface area (Å²) in [5.74, 6) is -0.890. The number of amides is 1. The summed E-state index contributed by atoms with van der Waals surface area (Å²) in [6.07, 6.45) is 5.90. The highest BCUT2D eigenvalue weighted by Gasteiger charge is 2.23. The fraction of sp³-hybridized carbons (Fsp3) is 0.417. The Kier molecular flexibility index (Phi) is 8.25. The number of carbonyl (C=O) groups is 2. The van der Waals surface area contributed by atoms with Crippen LogP contribution in [-0.2, 0) is 38.4 Å². The van der Waals surface area contributed by atoms with Gasteiger partial charge in [0.15, 0.2) is 0 Å². The molecule has 1 heterocycles. The average Bonchev–Trinajstić information content (AvgIpc) is 2.77. The molecule has 5 nitrogen and oxygen atoms in total. The van der Waals surface area contributed by atoms with Crippen molar-refractivity contribution in [3.63, 3.8) is 0 Å². The van der Waals surface area contributed by atoms with Crippen LogP contribution in [0.4, 0.5) is 0 Å². The van der Waals surface area contributed by atoms with E-state index in [9.17, 15) is 9.59 Å². The van der Waals surface area contributed by atoms with Gasteiger partial charge in [-0.25, -0.2) is 4.79 Å². The van der Waals surface area contributed by atoms with Crippen LogP contribution in [0.15, 0.2) is 54.6 Å². The smallest absolute Gasteiger partial charge is 0.335 e. The summed E-state index contributed by atoms with van der Waals surface area (Å²) in [5, 5.41) is 0. The van der Waals surface area contributed by atoms with Gasteiger partial charge >= 0.3 is 5.97 Å². The standard InChI is InChI=1S/C24H29NO4/c26-23(25-29-24(27)22-14-16-28-17-15-22)18-21-12-10-20(11-13-21)9-5-4-8-19-6-2-1-3-7-19/h1-3,6-7,10-13,22H,4-5,8-9,14-18H2,(H,25,26). The van der Waals surface area contributed by atoms with Crippen molar-refractivity contribution in [3.8, 4) is 0 Å². The zero-order valence-electron chi connectivity index (χ0n) is 16.8. The summed E-state index contributed by atoms with van der Waals surface area (Å²) in [7, 11) is 0. The molecule has 2 aromatic carbocycles.